The Kier molecular flexibility index (Phi) is 6.43. The topological polar surface area (TPSA) is 0 Å². The lowest BCUT2D eigenvalue weighted by atomic mass is 9.64. The molecule has 0 bridgehead atoms. The summed E-state index contributed by atoms with van der Waals surface area (Å²) in [5, 5.41) is 0. The maximum absolute atomic E-state index is 2.55. The number of hydrogen-bond donors (Lipinski definition) is 0. The SMILES string of the molecule is CCCCC1CCC(C2CCC(C)(CCC)CC2)CC1. The summed E-state index contributed by atoms with van der Waals surface area (Å²) in [4.78, 5) is 0. The van der Waals surface area contributed by atoms with Crippen LogP contribution in [0, 0.1) is 23.2 Å². The molecule has 0 aromatic carbocycles. The van der Waals surface area contributed by atoms with Gasteiger partial charge in [0.05, 0.1) is 0 Å². The summed E-state index contributed by atoms with van der Waals surface area (Å²) in [6, 6.07) is 0. The highest BCUT2D eigenvalue weighted by Gasteiger charge is 2.34. The van der Waals surface area contributed by atoms with Gasteiger partial charge in [0, 0.05) is 0 Å². The van der Waals surface area contributed by atoms with Crippen LogP contribution in [0.25, 0.3) is 0 Å². The molecule has 2 aliphatic rings. The number of rotatable bonds is 6. The molecule has 0 atom stereocenters. The molecule has 2 rings (SSSR count). The molecule has 0 aromatic heterocycles. The highest BCUT2D eigenvalue weighted by molar-refractivity contribution is 4.86. The predicted octanol–water partition coefficient (Wildman–Crippen LogP) is 6.98. The fourth-order valence-electron chi connectivity index (χ4n) is 5.10. The van der Waals surface area contributed by atoms with Crippen molar-refractivity contribution in [2.24, 2.45) is 23.2 Å². The lowest BCUT2D eigenvalue weighted by Crippen LogP contribution is -2.30. The number of unbranched alkanes of at least 4 members (excludes halogenated alkanes) is 1. The third-order valence-corrected chi connectivity index (χ3v) is 6.61. The van der Waals surface area contributed by atoms with Crippen molar-refractivity contribution in [3.8, 4) is 0 Å². The number of hydrogen-bond acceptors (Lipinski definition) is 0. The van der Waals surface area contributed by atoms with Gasteiger partial charge in [-0.25, -0.2) is 0 Å². The molecule has 2 aliphatic carbocycles. The zero-order chi connectivity index (χ0) is 14.4. The molecular formula is C20H38. The van der Waals surface area contributed by atoms with Crippen molar-refractivity contribution in [3.05, 3.63) is 0 Å². The van der Waals surface area contributed by atoms with Crippen LogP contribution in [0.3, 0.4) is 0 Å². The van der Waals surface area contributed by atoms with E-state index < -0.39 is 0 Å². The van der Waals surface area contributed by atoms with E-state index in [9.17, 15) is 0 Å². The van der Waals surface area contributed by atoms with Gasteiger partial charge in [-0.1, -0.05) is 59.3 Å². The minimum Gasteiger partial charge on any atom is -0.0654 e. The second-order valence-corrected chi connectivity index (χ2v) is 8.32. The highest BCUT2D eigenvalue weighted by atomic mass is 14.4. The quantitative estimate of drug-likeness (QED) is 0.491. The third kappa shape index (κ3) is 4.50. The first-order valence-electron chi connectivity index (χ1n) is 9.67. The van der Waals surface area contributed by atoms with Gasteiger partial charge in [-0.2, -0.15) is 0 Å². The van der Waals surface area contributed by atoms with Gasteiger partial charge in [0.25, 0.3) is 0 Å². The first-order valence-corrected chi connectivity index (χ1v) is 9.67. The van der Waals surface area contributed by atoms with Crippen LogP contribution < -0.4 is 0 Å². The maximum Gasteiger partial charge on any atom is -0.0326 e. The van der Waals surface area contributed by atoms with Crippen molar-refractivity contribution in [1.82, 2.24) is 0 Å². The fraction of sp³-hybridized carbons (Fsp3) is 1.00. The van der Waals surface area contributed by atoms with E-state index in [1.807, 2.05) is 0 Å². The third-order valence-electron chi connectivity index (χ3n) is 6.61. The molecule has 0 spiro atoms. The highest BCUT2D eigenvalue weighted by Crippen LogP contribution is 2.47. The zero-order valence-electron chi connectivity index (χ0n) is 14.4. The van der Waals surface area contributed by atoms with Crippen molar-refractivity contribution in [1.29, 1.82) is 0 Å². The van der Waals surface area contributed by atoms with Crippen LogP contribution in [0.15, 0.2) is 0 Å². The predicted molar refractivity (Wildman–Crippen MR) is 89.9 cm³/mol. The van der Waals surface area contributed by atoms with Crippen LogP contribution in [-0.4, -0.2) is 0 Å². The summed E-state index contributed by atoms with van der Waals surface area (Å²) in [5.41, 5.74) is 0.698. The van der Waals surface area contributed by atoms with Crippen LogP contribution in [0.2, 0.25) is 0 Å². The van der Waals surface area contributed by atoms with E-state index in [0.29, 0.717) is 5.41 Å². The van der Waals surface area contributed by atoms with Gasteiger partial charge < -0.3 is 0 Å². The van der Waals surface area contributed by atoms with Gasteiger partial charge in [-0.15, -0.1) is 0 Å². The van der Waals surface area contributed by atoms with E-state index in [2.05, 4.69) is 20.8 Å². The lowest BCUT2D eigenvalue weighted by Gasteiger charge is -2.42. The Morgan fingerprint density at radius 3 is 1.95 bits per heavy atom. The van der Waals surface area contributed by atoms with Crippen molar-refractivity contribution in [3.63, 3.8) is 0 Å². The molecule has 20 heavy (non-hydrogen) atoms. The van der Waals surface area contributed by atoms with Gasteiger partial charge in [0.1, 0.15) is 0 Å². The molecule has 0 unspecified atom stereocenters. The minimum atomic E-state index is 0.698. The molecule has 0 aromatic rings. The summed E-state index contributed by atoms with van der Waals surface area (Å²) in [5.74, 6) is 3.27. The summed E-state index contributed by atoms with van der Waals surface area (Å²) in [6.45, 7) is 7.24. The Labute approximate surface area is 128 Å². The van der Waals surface area contributed by atoms with E-state index in [1.165, 1.54) is 44.9 Å². The molecule has 2 saturated carbocycles. The molecule has 0 amide bonds. The van der Waals surface area contributed by atoms with Crippen molar-refractivity contribution in [2.75, 3.05) is 0 Å². The summed E-state index contributed by atoms with van der Waals surface area (Å²) in [6.07, 6.45) is 19.5. The monoisotopic (exact) mass is 278 g/mol. The van der Waals surface area contributed by atoms with Crippen LogP contribution in [-0.2, 0) is 0 Å². The zero-order valence-corrected chi connectivity index (χ0v) is 14.4. The molecule has 0 saturated heterocycles. The Balaban J connectivity index is 1.70. The van der Waals surface area contributed by atoms with Crippen LogP contribution in [0.1, 0.15) is 104 Å². The molecule has 2 fully saturated rings. The molecule has 0 heterocycles. The Morgan fingerprint density at radius 2 is 1.40 bits per heavy atom. The maximum atomic E-state index is 2.55. The molecule has 0 heteroatoms. The van der Waals surface area contributed by atoms with Gasteiger partial charge in [0.2, 0.25) is 0 Å². The molecule has 0 N–H and O–H groups in total. The van der Waals surface area contributed by atoms with Gasteiger partial charge in [-0.3, -0.25) is 0 Å². The van der Waals surface area contributed by atoms with E-state index in [-0.39, 0.29) is 0 Å². The first-order chi connectivity index (χ1) is 9.67. The Bertz CT molecular complexity index is 251. The summed E-state index contributed by atoms with van der Waals surface area (Å²) < 4.78 is 0. The molecule has 0 nitrogen and oxygen atoms in total. The van der Waals surface area contributed by atoms with Crippen molar-refractivity contribution < 1.29 is 0 Å². The Morgan fingerprint density at radius 1 is 0.800 bits per heavy atom. The van der Waals surface area contributed by atoms with Gasteiger partial charge >= 0.3 is 0 Å². The fourth-order valence-corrected chi connectivity index (χ4v) is 5.10. The van der Waals surface area contributed by atoms with Crippen LogP contribution >= 0.6 is 0 Å². The van der Waals surface area contributed by atoms with E-state index in [4.69, 9.17) is 0 Å². The van der Waals surface area contributed by atoms with Gasteiger partial charge in [0.15, 0.2) is 0 Å². The van der Waals surface area contributed by atoms with Crippen LogP contribution in [0.4, 0.5) is 0 Å². The largest absolute Gasteiger partial charge is 0.0654 e. The standard InChI is InChI=1S/C20H38/c1-4-6-7-17-8-10-18(11-9-17)19-12-15-20(3,14-5-2)16-13-19/h17-19H,4-16H2,1-3H3. The summed E-state index contributed by atoms with van der Waals surface area (Å²) >= 11 is 0. The van der Waals surface area contributed by atoms with Crippen molar-refractivity contribution in [2.45, 2.75) is 104 Å². The lowest BCUT2D eigenvalue weighted by molar-refractivity contribution is 0.0963. The average molecular weight is 279 g/mol. The van der Waals surface area contributed by atoms with E-state index in [1.54, 1.807) is 38.5 Å². The molecular weight excluding hydrogens is 240 g/mol. The normalized spacial score (nSPS) is 38.9. The minimum absolute atomic E-state index is 0.698. The van der Waals surface area contributed by atoms with Crippen LogP contribution in [0.5, 0.6) is 0 Å². The second kappa shape index (κ2) is 7.85. The summed E-state index contributed by atoms with van der Waals surface area (Å²) in [7, 11) is 0. The first kappa shape index (κ1) is 16.4. The Hall–Kier alpha value is 0. The molecule has 118 valence electrons. The second-order valence-electron chi connectivity index (χ2n) is 8.32. The molecule has 0 aliphatic heterocycles. The average Bonchev–Trinajstić information content (AvgIpc) is 2.47. The smallest absolute Gasteiger partial charge is 0.0326 e. The van der Waals surface area contributed by atoms with E-state index in [0.717, 1.165) is 17.8 Å². The van der Waals surface area contributed by atoms with E-state index >= 15 is 0 Å². The molecule has 0 radical (unpaired) electrons. The van der Waals surface area contributed by atoms with Gasteiger partial charge in [-0.05, 0) is 68.1 Å². The van der Waals surface area contributed by atoms with Crippen molar-refractivity contribution >= 4 is 0 Å².